The number of carbonyl (C=O) groups excluding carboxylic acids is 1. The molecule has 0 radical (unpaired) electrons. The summed E-state index contributed by atoms with van der Waals surface area (Å²) in [6.07, 6.45) is 5.83. The van der Waals surface area contributed by atoms with E-state index in [0.717, 1.165) is 10.3 Å². The molecule has 0 aliphatic heterocycles. The molecule has 0 spiro atoms. The number of carbonyl (C=O) groups is 1. The van der Waals surface area contributed by atoms with Gasteiger partial charge in [0.25, 0.3) is 0 Å². The van der Waals surface area contributed by atoms with Crippen LogP contribution in [0, 0.1) is 6.92 Å². The second kappa shape index (κ2) is 10.4. The molecule has 0 saturated carbocycles. The maximum Gasteiger partial charge on any atom is 0.229 e. The van der Waals surface area contributed by atoms with Gasteiger partial charge in [-0.15, -0.1) is 0 Å². The molecular weight excluding hydrogens is 472 g/mol. The van der Waals surface area contributed by atoms with E-state index in [1.807, 2.05) is 35.9 Å². The Balaban J connectivity index is 1.54. The highest BCUT2D eigenvalue weighted by Gasteiger charge is 2.23. The Morgan fingerprint density at radius 2 is 1.97 bits per heavy atom. The first kappa shape index (κ1) is 23.9. The molecule has 2 heterocycles. The van der Waals surface area contributed by atoms with Crippen LogP contribution in [0.5, 0.6) is 5.75 Å². The minimum Gasteiger partial charge on any atom is -0.494 e. The average molecular weight is 499 g/mol. The number of hydrogen-bond donors (Lipinski definition) is 0. The number of ether oxygens (including phenoxy) is 1. The second-order valence-electron chi connectivity index (χ2n) is 7.88. The zero-order valence-corrected chi connectivity index (χ0v) is 20.7. The third-order valence-corrected chi connectivity index (χ3v) is 8.22. The highest BCUT2D eigenvalue weighted by Crippen LogP contribution is 2.34. The zero-order valence-electron chi connectivity index (χ0n) is 19.0. The molecule has 0 aliphatic rings. The van der Waals surface area contributed by atoms with Crippen LogP contribution in [0.4, 0.5) is 5.13 Å². The predicted octanol–water partition coefficient (Wildman–Crippen LogP) is 4.10. The van der Waals surface area contributed by atoms with Gasteiger partial charge in [0.15, 0.2) is 15.0 Å². The van der Waals surface area contributed by atoms with E-state index in [2.05, 4.69) is 9.97 Å². The Bertz CT molecular complexity index is 1360. The fraction of sp³-hybridized carbons (Fsp3) is 0.292. The molecule has 0 unspecified atom stereocenters. The van der Waals surface area contributed by atoms with E-state index in [4.69, 9.17) is 4.74 Å². The molecule has 34 heavy (non-hydrogen) atoms. The van der Waals surface area contributed by atoms with E-state index >= 15 is 0 Å². The molecule has 0 fully saturated rings. The minimum atomic E-state index is -3.58. The lowest BCUT2D eigenvalue weighted by Crippen LogP contribution is -2.33. The van der Waals surface area contributed by atoms with Gasteiger partial charge in [-0.3, -0.25) is 9.69 Å². The van der Waals surface area contributed by atoms with Crippen LogP contribution in [-0.2, 0) is 21.2 Å². The van der Waals surface area contributed by atoms with Gasteiger partial charge < -0.3 is 9.30 Å². The molecule has 4 rings (SSSR count). The molecule has 1 amide bonds. The summed E-state index contributed by atoms with van der Waals surface area (Å²) in [5.41, 5.74) is 1.66. The van der Waals surface area contributed by atoms with Crippen molar-refractivity contribution in [2.24, 2.45) is 0 Å². The molecule has 8 nitrogen and oxygen atoms in total. The summed E-state index contributed by atoms with van der Waals surface area (Å²) in [4.78, 5) is 23.8. The number of sulfone groups is 1. The van der Waals surface area contributed by atoms with E-state index in [1.54, 1.807) is 48.8 Å². The van der Waals surface area contributed by atoms with Crippen molar-refractivity contribution in [3.8, 4) is 5.75 Å². The fourth-order valence-electron chi connectivity index (χ4n) is 3.57. The van der Waals surface area contributed by atoms with Gasteiger partial charge in [-0.1, -0.05) is 35.1 Å². The van der Waals surface area contributed by atoms with Gasteiger partial charge >= 0.3 is 0 Å². The summed E-state index contributed by atoms with van der Waals surface area (Å²) >= 11 is 1.39. The van der Waals surface area contributed by atoms with Gasteiger partial charge in [0.1, 0.15) is 11.3 Å². The topological polar surface area (TPSA) is 94.4 Å². The molecule has 4 aromatic rings. The predicted molar refractivity (Wildman–Crippen MR) is 133 cm³/mol. The fourth-order valence-corrected chi connectivity index (χ4v) is 5.83. The number of nitrogens with zero attached hydrogens (tertiary/aromatic N) is 4. The van der Waals surface area contributed by atoms with Crippen molar-refractivity contribution in [2.45, 2.75) is 31.2 Å². The summed E-state index contributed by atoms with van der Waals surface area (Å²) in [6.45, 7) is 2.98. The standard InChI is InChI=1S/C24H26N4O4S2/c1-18-7-9-19(10-8-18)34(30,31)16-11-22(29)28(14-4-13-27-15-12-25-17-27)24-26-23-20(32-2)5-3-6-21(23)33-24/h3,5-10,12,15,17H,4,11,13-14,16H2,1-2H3. The largest absolute Gasteiger partial charge is 0.494 e. The normalized spacial score (nSPS) is 11.6. The van der Waals surface area contributed by atoms with E-state index < -0.39 is 9.84 Å². The number of aromatic nitrogens is 3. The van der Waals surface area contributed by atoms with Crippen molar-refractivity contribution < 1.29 is 17.9 Å². The Morgan fingerprint density at radius 1 is 1.18 bits per heavy atom. The second-order valence-corrected chi connectivity index (χ2v) is 11.0. The van der Waals surface area contributed by atoms with Crippen LogP contribution < -0.4 is 9.64 Å². The maximum atomic E-state index is 13.3. The molecule has 10 heteroatoms. The number of aryl methyl sites for hydroxylation is 2. The van der Waals surface area contributed by atoms with Crippen molar-refractivity contribution in [1.29, 1.82) is 0 Å². The number of rotatable bonds is 10. The van der Waals surface area contributed by atoms with Crippen LogP contribution in [0.1, 0.15) is 18.4 Å². The highest BCUT2D eigenvalue weighted by atomic mass is 32.2. The molecule has 178 valence electrons. The Kier molecular flexibility index (Phi) is 7.28. The lowest BCUT2D eigenvalue weighted by Gasteiger charge is -2.20. The van der Waals surface area contributed by atoms with E-state index in [-0.39, 0.29) is 23.0 Å². The summed E-state index contributed by atoms with van der Waals surface area (Å²) < 4.78 is 33.8. The number of para-hydroxylation sites is 1. The molecule has 2 aromatic heterocycles. The number of amides is 1. The van der Waals surface area contributed by atoms with Crippen LogP contribution in [0.3, 0.4) is 0 Å². The van der Waals surface area contributed by atoms with Gasteiger partial charge in [-0.25, -0.2) is 18.4 Å². The van der Waals surface area contributed by atoms with E-state index in [9.17, 15) is 13.2 Å². The number of hydrogen-bond acceptors (Lipinski definition) is 7. The Hall–Kier alpha value is -3.24. The molecule has 0 aliphatic carbocycles. The summed E-state index contributed by atoms with van der Waals surface area (Å²) in [5, 5.41) is 0.530. The van der Waals surface area contributed by atoms with Gasteiger partial charge in [0, 0.05) is 31.9 Å². The van der Waals surface area contributed by atoms with Crippen molar-refractivity contribution in [1.82, 2.24) is 14.5 Å². The number of thiazole rings is 1. The number of anilines is 1. The van der Waals surface area contributed by atoms with Gasteiger partial charge in [-0.05, 0) is 37.6 Å². The first-order valence-electron chi connectivity index (χ1n) is 10.9. The smallest absolute Gasteiger partial charge is 0.229 e. The summed E-state index contributed by atoms with van der Waals surface area (Å²) in [7, 11) is -1.99. The molecule has 0 saturated heterocycles. The lowest BCUT2D eigenvalue weighted by molar-refractivity contribution is -0.118. The van der Waals surface area contributed by atoms with Gasteiger partial charge in [-0.2, -0.15) is 0 Å². The molecular formula is C24H26N4O4S2. The third-order valence-electron chi connectivity index (χ3n) is 5.44. The molecule has 0 bridgehead atoms. The zero-order chi connectivity index (χ0) is 24.1. The van der Waals surface area contributed by atoms with Crippen LogP contribution in [0.15, 0.2) is 66.1 Å². The van der Waals surface area contributed by atoms with Gasteiger partial charge in [0.2, 0.25) is 5.91 Å². The molecule has 2 aromatic carbocycles. The molecule has 0 atom stereocenters. The monoisotopic (exact) mass is 498 g/mol. The maximum absolute atomic E-state index is 13.3. The summed E-state index contributed by atoms with van der Waals surface area (Å²) in [6, 6.07) is 12.3. The molecule has 0 N–H and O–H groups in total. The first-order valence-corrected chi connectivity index (χ1v) is 13.3. The van der Waals surface area contributed by atoms with E-state index in [0.29, 0.717) is 35.9 Å². The highest BCUT2D eigenvalue weighted by molar-refractivity contribution is 7.91. The SMILES string of the molecule is COc1cccc2sc(N(CCCn3ccnc3)C(=O)CCS(=O)(=O)c3ccc(C)cc3)nc12. The first-order chi connectivity index (χ1) is 16.4. The minimum absolute atomic E-state index is 0.131. The summed E-state index contributed by atoms with van der Waals surface area (Å²) in [5.74, 6) is 0.0910. The van der Waals surface area contributed by atoms with Gasteiger partial charge in [0.05, 0.1) is 28.8 Å². The van der Waals surface area contributed by atoms with Crippen molar-refractivity contribution in [3.63, 3.8) is 0 Å². The third kappa shape index (κ3) is 5.45. The number of methoxy groups -OCH3 is 1. The van der Waals surface area contributed by atoms with Crippen LogP contribution in [-0.4, -0.2) is 48.3 Å². The quantitative estimate of drug-likeness (QED) is 0.327. The number of fused-ring (bicyclic) bond motifs is 1. The average Bonchev–Trinajstić information content (AvgIpc) is 3.50. The van der Waals surface area contributed by atoms with Crippen molar-refractivity contribution >= 4 is 42.4 Å². The lowest BCUT2D eigenvalue weighted by atomic mass is 10.2. The number of benzene rings is 2. The van der Waals surface area contributed by atoms with Crippen LogP contribution >= 0.6 is 11.3 Å². The Labute approximate surface area is 202 Å². The van der Waals surface area contributed by atoms with Crippen molar-refractivity contribution in [2.75, 3.05) is 24.3 Å². The van der Waals surface area contributed by atoms with Crippen LogP contribution in [0.2, 0.25) is 0 Å². The Morgan fingerprint density at radius 3 is 2.68 bits per heavy atom. The number of imidazole rings is 1. The van der Waals surface area contributed by atoms with E-state index in [1.165, 1.54) is 11.3 Å². The van der Waals surface area contributed by atoms with Crippen molar-refractivity contribution in [3.05, 3.63) is 66.7 Å². The van der Waals surface area contributed by atoms with Crippen LogP contribution in [0.25, 0.3) is 10.2 Å².